The van der Waals surface area contributed by atoms with Crippen LogP contribution < -0.4 is 4.72 Å². The molecule has 3 nitrogen and oxygen atoms in total. The first-order valence-electron chi connectivity index (χ1n) is 5.56. The Morgan fingerprint density at radius 1 is 1.31 bits per heavy atom. The van der Waals surface area contributed by atoms with Gasteiger partial charge in [0.05, 0.1) is 4.90 Å². The van der Waals surface area contributed by atoms with E-state index in [1.165, 1.54) is 0 Å². The van der Waals surface area contributed by atoms with Crippen molar-refractivity contribution in [3.05, 3.63) is 29.3 Å². The lowest BCUT2D eigenvalue weighted by molar-refractivity contribution is 0.577. The van der Waals surface area contributed by atoms with Crippen molar-refractivity contribution in [2.75, 3.05) is 6.54 Å². The van der Waals surface area contributed by atoms with Crippen LogP contribution in [0.25, 0.3) is 0 Å². The quantitative estimate of drug-likeness (QED) is 0.873. The van der Waals surface area contributed by atoms with Crippen LogP contribution in [0.3, 0.4) is 0 Å². The Kier molecular flexibility index (Phi) is 3.04. The van der Waals surface area contributed by atoms with Gasteiger partial charge in [0.15, 0.2) is 0 Å². The fraction of sp³-hybridized carbons (Fsp3) is 0.500. The summed E-state index contributed by atoms with van der Waals surface area (Å²) in [4.78, 5) is 0.402. The highest BCUT2D eigenvalue weighted by molar-refractivity contribution is 7.89. The minimum absolute atomic E-state index is 0.402. The summed E-state index contributed by atoms with van der Waals surface area (Å²) in [6.45, 7) is 4.37. The summed E-state index contributed by atoms with van der Waals surface area (Å²) in [7, 11) is -3.31. The van der Waals surface area contributed by atoms with Gasteiger partial charge in [0.2, 0.25) is 10.0 Å². The SMILES string of the molecule is Cc1ccc(S(=O)(=O)NCC2CC2)c(C)c1. The van der Waals surface area contributed by atoms with E-state index in [4.69, 9.17) is 0 Å². The van der Waals surface area contributed by atoms with Gasteiger partial charge >= 0.3 is 0 Å². The zero-order valence-corrected chi connectivity index (χ0v) is 10.5. The second-order valence-electron chi connectivity index (χ2n) is 4.56. The van der Waals surface area contributed by atoms with Gasteiger partial charge in [0.25, 0.3) is 0 Å². The third kappa shape index (κ3) is 2.62. The van der Waals surface area contributed by atoms with Gasteiger partial charge in [-0.3, -0.25) is 0 Å². The Labute approximate surface area is 96.9 Å². The summed E-state index contributed by atoms with van der Waals surface area (Å²) in [5.41, 5.74) is 1.89. The molecular formula is C12H17NO2S. The van der Waals surface area contributed by atoms with Crippen LogP contribution in [0.4, 0.5) is 0 Å². The molecule has 1 saturated carbocycles. The van der Waals surface area contributed by atoms with Crippen molar-refractivity contribution in [3.8, 4) is 0 Å². The van der Waals surface area contributed by atoms with Crippen LogP contribution in [-0.4, -0.2) is 15.0 Å². The van der Waals surface area contributed by atoms with E-state index in [9.17, 15) is 8.42 Å². The first-order chi connectivity index (χ1) is 7.49. The van der Waals surface area contributed by atoms with Crippen LogP contribution in [0.1, 0.15) is 24.0 Å². The van der Waals surface area contributed by atoms with Gasteiger partial charge in [-0.1, -0.05) is 17.7 Å². The molecule has 0 heterocycles. The largest absolute Gasteiger partial charge is 0.240 e. The molecule has 0 aromatic heterocycles. The van der Waals surface area contributed by atoms with Crippen molar-refractivity contribution in [3.63, 3.8) is 0 Å². The van der Waals surface area contributed by atoms with Crippen molar-refractivity contribution in [2.45, 2.75) is 31.6 Å². The van der Waals surface area contributed by atoms with Crippen LogP contribution >= 0.6 is 0 Å². The maximum Gasteiger partial charge on any atom is 0.240 e. The first-order valence-corrected chi connectivity index (χ1v) is 7.04. The third-order valence-corrected chi connectivity index (χ3v) is 4.46. The summed E-state index contributed by atoms with van der Waals surface area (Å²) in [6.07, 6.45) is 2.30. The van der Waals surface area contributed by atoms with E-state index in [0.717, 1.165) is 24.0 Å². The number of hydrogen-bond acceptors (Lipinski definition) is 2. The van der Waals surface area contributed by atoms with Crippen LogP contribution in [-0.2, 0) is 10.0 Å². The van der Waals surface area contributed by atoms with Gasteiger partial charge in [0, 0.05) is 6.54 Å². The van der Waals surface area contributed by atoms with Gasteiger partial charge < -0.3 is 0 Å². The fourth-order valence-corrected chi connectivity index (χ4v) is 3.07. The molecule has 0 radical (unpaired) electrons. The monoisotopic (exact) mass is 239 g/mol. The van der Waals surface area contributed by atoms with Crippen LogP contribution in [0, 0.1) is 19.8 Å². The summed E-state index contributed by atoms with van der Waals surface area (Å²) in [5, 5.41) is 0. The molecule has 1 aliphatic carbocycles. The molecule has 0 amide bonds. The Balaban J connectivity index is 2.20. The standard InChI is InChI=1S/C12H17NO2S/c1-9-3-6-12(10(2)7-9)16(14,15)13-8-11-4-5-11/h3,6-7,11,13H,4-5,8H2,1-2H3. The summed E-state index contributed by atoms with van der Waals surface area (Å²) in [5.74, 6) is 0.556. The molecule has 0 atom stereocenters. The van der Waals surface area contributed by atoms with Gasteiger partial charge in [0.1, 0.15) is 0 Å². The predicted octanol–water partition coefficient (Wildman–Crippen LogP) is 1.99. The number of sulfonamides is 1. The molecule has 1 N–H and O–H groups in total. The maximum absolute atomic E-state index is 12.0. The molecule has 16 heavy (non-hydrogen) atoms. The average Bonchev–Trinajstić information content (AvgIpc) is 2.97. The number of benzene rings is 1. The first kappa shape index (κ1) is 11.6. The second kappa shape index (κ2) is 4.18. The smallest absolute Gasteiger partial charge is 0.211 e. The minimum atomic E-state index is -3.31. The van der Waals surface area contributed by atoms with Crippen molar-refractivity contribution in [1.82, 2.24) is 4.72 Å². The summed E-state index contributed by atoms with van der Waals surface area (Å²) in [6, 6.07) is 5.41. The molecule has 1 aliphatic rings. The molecule has 1 aromatic rings. The zero-order chi connectivity index (χ0) is 11.8. The van der Waals surface area contributed by atoms with Crippen LogP contribution in [0.2, 0.25) is 0 Å². The van der Waals surface area contributed by atoms with Crippen molar-refractivity contribution >= 4 is 10.0 Å². The zero-order valence-electron chi connectivity index (χ0n) is 9.66. The Bertz CT molecular complexity index is 490. The molecular weight excluding hydrogens is 222 g/mol. The van der Waals surface area contributed by atoms with E-state index in [1.807, 2.05) is 26.0 Å². The van der Waals surface area contributed by atoms with E-state index >= 15 is 0 Å². The number of rotatable bonds is 4. The lowest BCUT2D eigenvalue weighted by Gasteiger charge is -2.09. The molecule has 2 rings (SSSR count). The van der Waals surface area contributed by atoms with Crippen molar-refractivity contribution in [2.24, 2.45) is 5.92 Å². The van der Waals surface area contributed by atoms with E-state index in [-0.39, 0.29) is 0 Å². The molecule has 1 fully saturated rings. The van der Waals surface area contributed by atoms with Crippen molar-refractivity contribution in [1.29, 1.82) is 0 Å². The number of nitrogens with one attached hydrogen (secondary N) is 1. The topological polar surface area (TPSA) is 46.2 Å². The summed E-state index contributed by atoms with van der Waals surface area (Å²) < 4.78 is 26.6. The molecule has 1 aromatic carbocycles. The highest BCUT2D eigenvalue weighted by Crippen LogP contribution is 2.28. The van der Waals surface area contributed by atoms with Gasteiger partial charge in [-0.15, -0.1) is 0 Å². The Morgan fingerprint density at radius 2 is 2.00 bits per heavy atom. The van der Waals surface area contributed by atoms with Gasteiger partial charge in [-0.25, -0.2) is 13.1 Å². The van der Waals surface area contributed by atoms with Crippen LogP contribution in [0.15, 0.2) is 23.1 Å². The second-order valence-corrected chi connectivity index (χ2v) is 6.30. The average molecular weight is 239 g/mol. The normalized spacial score (nSPS) is 16.4. The number of aryl methyl sites for hydroxylation is 2. The van der Waals surface area contributed by atoms with Gasteiger partial charge in [-0.05, 0) is 44.2 Å². The minimum Gasteiger partial charge on any atom is -0.211 e. The molecule has 88 valence electrons. The molecule has 0 bridgehead atoms. The fourth-order valence-electron chi connectivity index (χ4n) is 1.73. The molecule has 0 aliphatic heterocycles. The third-order valence-electron chi connectivity index (χ3n) is 2.88. The molecule has 0 unspecified atom stereocenters. The number of hydrogen-bond donors (Lipinski definition) is 1. The predicted molar refractivity (Wildman–Crippen MR) is 63.8 cm³/mol. The van der Waals surface area contributed by atoms with Crippen LogP contribution in [0.5, 0.6) is 0 Å². The maximum atomic E-state index is 12.0. The van der Waals surface area contributed by atoms with E-state index in [2.05, 4.69) is 4.72 Å². The molecule has 0 spiro atoms. The Morgan fingerprint density at radius 3 is 2.56 bits per heavy atom. The highest BCUT2D eigenvalue weighted by Gasteiger charge is 2.24. The lowest BCUT2D eigenvalue weighted by Crippen LogP contribution is -2.26. The molecule has 4 heteroatoms. The molecule has 0 saturated heterocycles. The Hall–Kier alpha value is -0.870. The van der Waals surface area contributed by atoms with Crippen molar-refractivity contribution < 1.29 is 8.42 Å². The van der Waals surface area contributed by atoms with E-state index in [0.29, 0.717) is 17.4 Å². The summed E-state index contributed by atoms with van der Waals surface area (Å²) >= 11 is 0. The van der Waals surface area contributed by atoms with Gasteiger partial charge in [-0.2, -0.15) is 0 Å². The van der Waals surface area contributed by atoms with E-state index in [1.54, 1.807) is 6.07 Å². The van der Waals surface area contributed by atoms with E-state index < -0.39 is 10.0 Å². The highest BCUT2D eigenvalue weighted by atomic mass is 32.2. The lowest BCUT2D eigenvalue weighted by atomic mass is 10.2.